The largest absolute Gasteiger partial charge is 0.490 e. The van der Waals surface area contributed by atoms with Gasteiger partial charge in [-0.05, 0) is 37.5 Å². The summed E-state index contributed by atoms with van der Waals surface area (Å²) in [7, 11) is 0. The van der Waals surface area contributed by atoms with E-state index >= 15 is 0 Å². The molecule has 1 amide bonds. The smallest absolute Gasteiger partial charge is 0.240 e. The Morgan fingerprint density at radius 2 is 1.79 bits per heavy atom. The summed E-state index contributed by atoms with van der Waals surface area (Å²) in [6, 6.07) is 11.1. The van der Waals surface area contributed by atoms with E-state index < -0.39 is 5.54 Å². The van der Waals surface area contributed by atoms with Crippen LogP contribution in [0.5, 0.6) is 17.4 Å². The fraction of sp³-hybridized carbons (Fsp3) is 0.429. The van der Waals surface area contributed by atoms with E-state index in [1.54, 1.807) is 12.3 Å². The van der Waals surface area contributed by atoms with Crippen molar-refractivity contribution in [2.24, 2.45) is 5.73 Å². The van der Waals surface area contributed by atoms with Crippen LogP contribution < -0.4 is 20.5 Å². The number of hydrogen-bond donors (Lipinski definition) is 2. The molecular weight excluding hydrogens is 413 g/mol. The second-order valence-corrected chi connectivity index (χ2v) is 6.89. The number of halogens is 2. The molecule has 2 aromatic rings. The van der Waals surface area contributed by atoms with Gasteiger partial charge in [-0.25, -0.2) is 4.98 Å². The second kappa shape index (κ2) is 11.9. The van der Waals surface area contributed by atoms with Gasteiger partial charge in [0.2, 0.25) is 11.8 Å². The van der Waals surface area contributed by atoms with Crippen LogP contribution in [0.25, 0.3) is 0 Å². The number of aromatic nitrogens is 1. The van der Waals surface area contributed by atoms with Gasteiger partial charge in [-0.3, -0.25) is 4.79 Å². The first-order chi connectivity index (χ1) is 13.1. The molecule has 0 spiro atoms. The second-order valence-electron chi connectivity index (χ2n) is 6.89. The van der Waals surface area contributed by atoms with Crippen LogP contribution in [0.1, 0.15) is 44.6 Å². The number of pyridine rings is 1. The molecule has 0 bridgehead atoms. The fourth-order valence-corrected chi connectivity index (χ4v) is 3.27. The van der Waals surface area contributed by atoms with Crippen LogP contribution >= 0.6 is 24.8 Å². The average Bonchev–Trinajstić information content (AvgIpc) is 2.69. The highest BCUT2D eigenvalue weighted by Gasteiger charge is 2.34. The van der Waals surface area contributed by atoms with Gasteiger partial charge in [-0.15, -0.1) is 24.8 Å². The summed E-state index contributed by atoms with van der Waals surface area (Å²) in [5.74, 6) is 1.70. The molecule has 0 unspecified atom stereocenters. The van der Waals surface area contributed by atoms with Crippen molar-refractivity contribution < 1.29 is 14.3 Å². The lowest BCUT2D eigenvalue weighted by molar-refractivity contribution is -0.127. The number of amides is 1. The maximum atomic E-state index is 12.4. The van der Waals surface area contributed by atoms with E-state index in [2.05, 4.69) is 10.3 Å². The Morgan fingerprint density at radius 3 is 2.41 bits per heavy atom. The number of rotatable bonds is 7. The first-order valence-electron chi connectivity index (χ1n) is 9.52. The monoisotopic (exact) mass is 441 g/mol. The van der Waals surface area contributed by atoms with Crippen molar-refractivity contribution in [1.82, 2.24) is 10.3 Å². The van der Waals surface area contributed by atoms with Crippen molar-refractivity contribution >= 4 is 30.7 Å². The molecule has 0 radical (unpaired) electrons. The standard InChI is InChI=1S/C21H27N3O3.2ClH/c1-2-26-17-8-4-5-9-18(17)27-19-11-10-16(14-23-19)15-24-20(25)21(22)12-6-3-7-13-21;;/h4-5,8-11,14H,2-3,6-7,12-13,15,22H2,1H3,(H,24,25);2*1H. The minimum absolute atomic E-state index is 0. The van der Waals surface area contributed by atoms with E-state index in [1.165, 1.54) is 0 Å². The van der Waals surface area contributed by atoms with Gasteiger partial charge >= 0.3 is 0 Å². The van der Waals surface area contributed by atoms with Crippen LogP contribution in [0.4, 0.5) is 0 Å². The molecule has 0 saturated heterocycles. The normalized spacial score (nSPS) is 14.7. The van der Waals surface area contributed by atoms with Crippen molar-refractivity contribution in [3.63, 3.8) is 0 Å². The topological polar surface area (TPSA) is 86.5 Å². The van der Waals surface area contributed by atoms with Crippen LogP contribution in [-0.2, 0) is 11.3 Å². The van der Waals surface area contributed by atoms with Crippen LogP contribution in [0.3, 0.4) is 0 Å². The predicted molar refractivity (Wildman–Crippen MR) is 118 cm³/mol. The summed E-state index contributed by atoms with van der Waals surface area (Å²) in [5.41, 5.74) is 6.43. The molecule has 1 saturated carbocycles. The zero-order valence-corrected chi connectivity index (χ0v) is 18.2. The van der Waals surface area contributed by atoms with E-state index in [4.69, 9.17) is 15.2 Å². The number of carbonyl (C=O) groups excluding carboxylic acids is 1. The van der Waals surface area contributed by atoms with Crippen molar-refractivity contribution in [2.45, 2.75) is 51.1 Å². The van der Waals surface area contributed by atoms with Crippen molar-refractivity contribution in [3.8, 4) is 17.4 Å². The number of ether oxygens (including phenoxy) is 2. The van der Waals surface area contributed by atoms with Crippen LogP contribution in [0.2, 0.25) is 0 Å². The molecule has 1 fully saturated rings. The molecule has 1 aliphatic carbocycles. The number of nitrogens with one attached hydrogen (secondary N) is 1. The average molecular weight is 442 g/mol. The summed E-state index contributed by atoms with van der Waals surface area (Å²) in [4.78, 5) is 16.7. The van der Waals surface area contributed by atoms with Crippen molar-refractivity contribution in [1.29, 1.82) is 0 Å². The van der Waals surface area contributed by atoms with E-state index in [0.29, 0.717) is 30.5 Å². The highest BCUT2D eigenvalue weighted by Crippen LogP contribution is 2.30. The molecule has 8 heteroatoms. The number of benzene rings is 1. The summed E-state index contributed by atoms with van der Waals surface area (Å²) in [5, 5.41) is 2.94. The third-order valence-electron chi connectivity index (χ3n) is 4.81. The summed E-state index contributed by atoms with van der Waals surface area (Å²) >= 11 is 0. The third-order valence-corrected chi connectivity index (χ3v) is 4.81. The van der Waals surface area contributed by atoms with Gasteiger partial charge in [-0.1, -0.05) is 37.5 Å². The molecular formula is C21H29Cl2N3O3. The van der Waals surface area contributed by atoms with Crippen LogP contribution in [0.15, 0.2) is 42.6 Å². The molecule has 29 heavy (non-hydrogen) atoms. The quantitative estimate of drug-likeness (QED) is 0.664. The SMILES string of the molecule is CCOc1ccccc1Oc1ccc(CNC(=O)C2(N)CCCCC2)cn1.Cl.Cl. The van der Waals surface area contributed by atoms with Crippen molar-refractivity contribution in [3.05, 3.63) is 48.2 Å². The predicted octanol–water partition coefficient (Wildman–Crippen LogP) is 4.39. The van der Waals surface area contributed by atoms with Gasteiger partial charge in [0.1, 0.15) is 0 Å². The van der Waals surface area contributed by atoms with Gasteiger partial charge in [-0.2, -0.15) is 0 Å². The Labute approximate surface area is 184 Å². The first-order valence-corrected chi connectivity index (χ1v) is 9.52. The fourth-order valence-electron chi connectivity index (χ4n) is 3.27. The Hall–Kier alpha value is -2.02. The Bertz CT molecular complexity index is 766. The van der Waals surface area contributed by atoms with E-state index in [-0.39, 0.29) is 30.7 Å². The number of hydrogen-bond acceptors (Lipinski definition) is 5. The first kappa shape index (κ1) is 25.0. The third kappa shape index (κ3) is 6.77. The molecule has 3 rings (SSSR count). The van der Waals surface area contributed by atoms with E-state index in [9.17, 15) is 4.79 Å². The van der Waals surface area contributed by atoms with E-state index in [0.717, 1.165) is 37.7 Å². The molecule has 0 aliphatic heterocycles. The molecule has 0 atom stereocenters. The van der Waals surface area contributed by atoms with E-state index in [1.807, 2.05) is 37.3 Å². The minimum atomic E-state index is -0.724. The molecule has 1 aliphatic rings. The zero-order chi connectivity index (χ0) is 19.1. The Morgan fingerprint density at radius 1 is 1.10 bits per heavy atom. The van der Waals surface area contributed by atoms with Gasteiger partial charge in [0.15, 0.2) is 11.5 Å². The van der Waals surface area contributed by atoms with Gasteiger partial charge < -0.3 is 20.5 Å². The summed E-state index contributed by atoms with van der Waals surface area (Å²) in [6.07, 6.45) is 6.39. The molecule has 1 aromatic heterocycles. The Kier molecular flexibility index (Phi) is 10.2. The van der Waals surface area contributed by atoms with Crippen LogP contribution in [-0.4, -0.2) is 23.0 Å². The van der Waals surface area contributed by atoms with Gasteiger partial charge in [0.25, 0.3) is 0 Å². The van der Waals surface area contributed by atoms with Crippen molar-refractivity contribution in [2.75, 3.05) is 6.61 Å². The highest BCUT2D eigenvalue weighted by molar-refractivity contribution is 5.86. The molecule has 1 heterocycles. The molecule has 1 aromatic carbocycles. The molecule has 160 valence electrons. The lowest BCUT2D eigenvalue weighted by Crippen LogP contribution is -2.54. The highest BCUT2D eigenvalue weighted by atomic mass is 35.5. The Balaban J connectivity index is 0.00000210. The number of nitrogens with two attached hydrogens (primary N) is 1. The summed E-state index contributed by atoms with van der Waals surface area (Å²) < 4.78 is 11.4. The molecule has 6 nitrogen and oxygen atoms in total. The maximum Gasteiger partial charge on any atom is 0.240 e. The van der Waals surface area contributed by atoms with Gasteiger partial charge in [0, 0.05) is 18.8 Å². The lowest BCUT2D eigenvalue weighted by atomic mass is 9.82. The zero-order valence-electron chi connectivity index (χ0n) is 16.6. The van der Waals surface area contributed by atoms with Crippen LogP contribution in [0, 0.1) is 0 Å². The molecule has 3 N–H and O–H groups in total. The maximum absolute atomic E-state index is 12.4. The summed E-state index contributed by atoms with van der Waals surface area (Å²) in [6.45, 7) is 2.90. The number of carbonyl (C=O) groups is 1. The lowest BCUT2D eigenvalue weighted by Gasteiger charge is -2.31. The number of para-hydroxylation sites is 2. The minimum Gasteiger partial charge on any atom is -0.490 e. The van der Waals surface area contributed by atoms with Gasteiger partial charge in [0.05, 0.1) is 12.1 Å². The number of nitrogens with zero attached hydrogens (tertiary/aromatic N) is 1.